The maximum atomic E-state index is 12.3. The third-order valence-electron chi connectivity index (χ3n) is 3.08. The number of rotatable bonds is 3. The summed E-state index contributed by atoms with van der Waals surface area (Å²) >= 11 is 0. The van der Waals surface area contributed by atoms with Crippen molar-refractivity contribution in [3.05, 3.63) is 23.8 Å². The zero-order chi connectivity index (χ0) is 14.1. The lowest BCUT2D eigenvalue weighted by Crippen LogP contribution is -2.42. The Hall–Kier alpha value is -1.51. The van der Waals surface area contributed by atoms with Gasteiger partial charge in [0.1, 0.15) is 0 Å². The van der Waals surface area contributed by atoms with Gasteiger partial charge in [-0.05, 0) is 50.5 Å². The normalized spacial score (nSPS) is 15.2. The van der Waals surface area contributed by atoms with E-state index < -0.39 is 15.6 Å². The third kappa shape index (κ3) is 3.09. The number of hydrogen-bond acceptors (Lipinski definition) is 3. The molecule has 1 heterocycles. The van der Waals surface area contributed by atoms with Crippen molar-refractivity contribution in [2.45, 2.75) is 37.1 Å². The summed E-state index contributed by atoms with van der Waals surface area (Å²) < 4.78 is 27.1. The van der Waals surface area contributed by atoms with Gasteiger partial charge in [-0.15, -0.1) is 6.42 Å². The van der Waals surface area contributed by atoms with Crippen LogP contribution < -0.4 is 10.0 Å². The fourth-order valence-corrected chi connectivity index (χ4v) is 3.44. The molecule has 2 rings (SSSR count). The molecule has 0 amide bonds. The van der Waals surface area contributed by atoms with Crippen LogP contribution in [0.2, 0.25) is 0 Å². The summed E-state index contributed by atoms with van der Waals surface area (Å²) in [6, 6.07) is 5.13. The molecule has 19 heavy (non-hydrogen) atoms. The van der Waals surface area contributed by atoms with Crippen molar-refractivity contribution in [1.82, 2.24) is 4.72 Å². The molecule has 0 bridgehead atoms. The maximum Gasteiger partial charge on any atom is 0.241 e. The highest BCUT2D eigenvalue weighted by atomic mass is 32.2. The van der Waals surface area contributed by atoms with E-state index in [1.807, 2.05) is 6.07 Å². The van der Waals surface area contributed by atoms with Crippen LogP contribution in [0.5, 0.6) is 0 Å². The van der Waals surface area contributed by atoms with E-state index >= 15 is 0 Å². The number of aryl methyl sites for hydroxylation is 1. The summed E-state index contributed by atoms with van der Waals surface area (Å²) in [6.45, 7) is 4.25. The molecular formula is C14H18N2O2S. The largest absolute Gasteiger partial charge is 0.385 e. The summed E-state index contributed by atoms with van der Waals surface area (Å²) in [5.41, 5.74) is 1.15. The maximum absolute atomic E-state index is 12.3. The minimum Gasteiger partial charge on any atom is -0.385 e. The number of sulfonamides is 1. The van der Waals surface area contributed by atoms with E-state index in [0.29, 0.717) is 0 Å². The van der Waals surface area contributed by atoms with E-state index in [4.69, 9.17) is 6.42 Å². The summed E-state index contributed by atoms with van der Waals surface area (Å²) in [5.74, 6) is 2.43. The predicted octanol–water partition coefficient (Wildman–Crippen LogP) is 1.73. The molecule has 0 aromatic heterocycles. The highest BCUT2D eigenvalue weighted by Gasteiger charge is 2.25. The first-order valence-electron chi connectivity index (χ1n) is 6.23. The molecule has 0 saturated heterocycles. The van der Waals surface area contributed by atoms with Crippen molar-refractivity contribution in [2.24, 2.45) is 0 Å². The molecule has 1 aliphatic heterocycles. The van der Waals surface area contributed by atoms with Gasteiger partial charge in [-0.3, -0.25) is 0 Å². The topological polar surface area (TPSA) is 58.2 Å². The summed E-state index contributed by atoms with van der Waals surface area (Å²) in [4.78, 5) is 0.262. The minimum atomic E-state index is -3.58. The second-order valence-electron chi connectivity index (χ2n) is 5.22. The van der Waals surface area contributed by atoms with E-state index in [1.165, 1.54) is 0 Å². The first kappa shape index (κ1) is 13.9. The number of benzene rings is 1. The fraction of sp³-hybridized carbons (Fsp3) is 0.429. The molecule has 102 valence electrons. The van der Waals surface area contributed by atoms with Crippen LogP contribution in [-0.2, 0) is 16.4 Å². The Kier molecular flexibility index (Phi) is 3.57. The molecule has 1 aliphatic rings. The van der Waals surface area contributed by atoms with Crippen LogP contribution in [0.3, 0.4) is 0 Å². The van der Waals surface area contributed by atoms with Crippen molar-refractivity contribution in [3.8, 4) is 12.3 Å². The molecule has 4 nitrogen and oxygen atoms in total. The van der Waals surface area contributed by atoms with E-state index in [-0.39, 0.29) is 4.90 Å². The Bertz CT molecular complexity index is 627. The van der Waals surface area contributed by atoms with Gasteiger partial charge in [0.05, 0.1) is 10.4 Å². The molecule has 0 unspecified atom stereocenters. The second-order valence-corrected chi connectivity index (χ2v) is 6.91. The molecule has 0 fully saturated rings. The highest BCUT2D eigenvalue weighted by molar-refractivity contribution is 7.89. The predicted molar refractivity (Wildman–Crippen MR) is 76.5 cm³/mol. The Balaban J connectivity index is 2.34. The molecule has 2 N–H and O–H groups in total. The van der Waals surface area contributed by atoms with Crippen molar-refractivity contribution in [1.29, 1.82) is 0 Å². The molecule has 1 aromatic carbocycles. The van der Waals surface area contributed by atoms with Gasteiger partial charge in [-0.25, -0.2) is 8.42 Å². The average molecular weight is 278 g/mol. The highest BCUT2D eigenvalue weighted by Crippen LogP contribution is 2.25. The van der Waals surface area contributed by atoms with Crippen molar-refractivity contribution >= 4 is 15.7 Å². The Labute approximate surface area is 114 Å². The van der Waals surface area contributed by atoms with Gasteiger partial charge in [0, 0.05) is 12.2 Å². The molecular weight excluding hydrogens is 260 g/mol. The smallest absolute Gasteiger partial charge is 0.241 e. The molecule has 0 spiro atoms. The zero-order valence-corrected chi connectivity index (χ0v) is 12.0. The monoisotopic (exact) mass is 278 g/mol. The molecule has 0 radical (unpaired) electrons. The van der Waals surface area contributed by atoms with Gasteiger partial charge in [0.2, 0.25) is 10.0 Å². The number of nitrogens with one attached hydrogen (secondary N) is 2. The van der Waals surface area contributed by atoms with E-state index in [0.717, 1.165) is 30.6 Å². The molecule has 0 atom stereocenters. The molecule has 0 aliphatic carbocycles. The standard InChI is InChI=1S/C14H18N2O2S/c1-4-14(2,3)16-19(17,18)12-7-8-13-11(10-12)6-5-9-15-13/h1,7-8,10,15-16H,5-6,9H2,2-3H3. The lowest BCUT2D eigenvalue weighted by molar-refractivity contribution is 0.539. The number of fused-ring (bicyclic) bond motifs is 1. The van der Waals surface area contributed by atoms with Crippen LogP contribution >= 0.6 is 0 Å². The zero-order valence-electron chi connectivity index (χ0n) is 11.2. The van der Waals surface area contributed by atoms with Crippen LogP contribution in [0.25, 0.3) is 0 Å². The lowest BCUT2D eigenvalue weighted by Gasteiger charge is -2.22. The molecule has 0 saturated carbocycles. The van der Waals surface area contributed by atoms with Crippen LogP contribution in [0, 0.1) is 12.3 Å². The number of terminal acetylenes is 1. The first-order chi connectivity index (χ1) is 8.84. The van der Waals surface area contributed by atoms with Crippen molar-refractivity contribution in [3.63, 3.8) is 0 Å². The van der Waals surface area contributed by atoms with Gasteiger partial charge in [-0.1, -0.05) is 5.92 Å². The first-order valence-corrected chi connectivity index (χ1v) is 7.71. The van der Waals surface area contributed by atoms with E-state index in [2.05, 4.69) is 16.0 Å². The SMILES string of the molecule is C#CC(C)(C)NS(=O)(=O)c1ccc2c(c1)CCCN2. The Morgan fingerprint density at radius 3 is 2.84 bits per heavy atom. The van der Waals surface area contributed by atoms with E-state index in [9.17, 15) is 8.42 Å². The van der Waals surface area contributed by atoms with E-state index in [1.54, 1.807) is 26.0 Å². The van der Waals surface area contributed by atoms with Crippen LogP contribution in [0.4, 0.5) is 5.69 Å². The van der Waals surface area contributed by atoms with Crippen LogP contribution in [0.15, 0.2) is 23.1 Å². The molecule has 1 aromatic rings. The van der Waals surface area contributed by atoms with Gasteiger partial charge in [0.25, 0.3) is 0 Å². The lowest BCUT2D eigenvalue weighted by atomic mass is 10.0. The van der Waals surface area contributed by atoms with Crippen molar-refractivity contribution in [2.75, 3.05) is 11.9 Å². The van der Waals surface area contributed by atoms with Gasteiger partial charge < -0.3 is 5.32 Å². The summed E-state index contributed by atoms with van der Waals surface area (Å²) in [7, 11) is -3.58. The summed E-state index contributed by atoms with van der Waals surface area (Å²) in [6.07, 6.45) is 7.22. The van der Waals surface area contributed by atoms with Gasteiger partial charge in [0.15, 0.2) is 0 Å². The van der Waals surface area contributed by atoms with Gasteiger partial charge >= 0.3 is 0 Å². The Morgan fingerprint density at radius 1 is 1.42 bits per heavy atom. The van der Waals surface area contributed by atoms with Crippen molar-refractivity contribution < 1.29 is 8.42 Å². The fourth-order valence-electron chi connectivity index (χ4n) is 2.04. The second kappa shape index (κ2) is 4.87. The number of anilines is 1. The molecule has 5 heteroatoms. The average Bonchev–Trinajstić information content (AvgIpc) is 2.37. The van der Waals surface area contributed by atoms with Crippen LogP contribution in [-0.4, -0.2) is 20.5 Å². The third-order valence-corrected chi connectivity index (χ3v) is 4.73. The van der Waals surface area contributed by atoms with Crippen LogP contribution in [0.1, 0.15) is 25.8 Å². The Morgan fingerprint density at radius 2 is 2.16 bits per heavy atom. The quantitative estimate of drug-likeness (QED) is 0.828. The summed E-state index contributed by atoms with van der Waals surface area (Å²) in [5, 5.41) is 3.25. The van der Waals surface area contributed by atoms with Gasteiger partial charge in [-0.2, -0.15) is 4.72 Å². The minimum absolute atomic E-state index is 0.262. The number of hydrogen-bond donors (Lipinski definition) is 2.